The van der Waals surface area contributed by atoms with Crippen molar-refractivity contribution in [3.8, 4) is 0 Å². The molecule has 6 nitrogen and oxygen atoms in total. The van der Waals surface area contributed by atoms with E-state index in [1.165, 1.54) is 38.3 Å². The smallest absolute Gasteiger partial charge is 0.114 e. The van der Waals surface area contributed by atoms with Gasteiger partial charge in [0.15, 0.2) is 0 Å². The van der Waals surface area contributed by atoms with Gasteiger partial charge in [0.1, 0.15) is 12.0 Å². The van der Waals surface area contributed by atoms with Crippen LogP contribution in [0.15, 0.2) is 23.7 Å². The summed E-state index contributed by atoms with van der Waals surface area (Å²) in [6.07, 6.45) is 8.13. The molecule has 0 bridgehead atoms. The molecule has 2 aliphatic rings. The highest BCUT2D eigenvalue weighted by Crippen LogP contribution is 2.23. The van der Waals surface area contributed by atoms with Gasteiger partial charge in [-0.1, -0.05) is 25.8 Å². The van der Waals surface area contributed by atoms with Gasteiger partial charge in [-0.25, -0.2) is 10.0 Å². The fourth-order valence-electron chi connectivity index (χ4n) is 3.61. The number of allylic oxidation sites excluding steroid dienone is 1. The molecule has 0 amide bonds. The Labute approximate surface area is 140 Å². The lowest BCUT2D eigenvalue weighted by molar-refractivity contribution is -0.0430. The van der Waals surface area contributed by atoms with Crippen molar-refractivity contribution >= 4 is 6.21 Å². The number of nitrogens with one attached hydrogen (secondary N) is 3. The van der Waals surface area contributed by atoms with Gasteiger partial charge < -0.3 is 20.9 Å². The highest BCUT2D eigenvalue weighted by molar-refractivity contribution is 5.83. The van der Waals surface area contributed by atoms with Gasteiger partial charge in [-0.2, -0.15) is 0 Å². The van der Waals surface area contributed by atoms with E-state index in [4.69, 9.17) is 5.41 Å². The summed E-state index contributed by atoms with van der Waals surface area (Å²) in [6, 6.07) is 0.655. The summed E-state index contributed by atoms with van der Waals surface area (Å²) < 4.78 is 0. The molecule has 0 aromatic carbocycles. The minimum atomic E-state index is 0.129. The Balaban J connectivity index is 2.03. The quantitative estimate of drug-likeness (QED) is 0.512. The molecule has 1 aliphatic carbocycles. The first-order valence-corrected chi connectivity index (χ1v) is 8.54. The molecule has 1 aliphatic heterocycles. The third kappa shape index (κ3) is 3.87. The Morgan fingerprint density at radius 2 is 2.00 bits per heavy atom. The first kappa shape index (κ1) is 17.8. The van der Waals surface area contributed by atoms with E-state index in [1.807, 2.05) is 14.1 Å². The van der Waals surface area contributed by atoms with E-state index < -0.39 is 0 Å². The molecule has 23 heavy (non-hydrogen) atoms. The van der Waals surface area contributed by atoms with Crippen molar-refractivity contribution in [2.45, 2.75) is 44.3 Å². The maximum atomic E-state index is 7.59. The molecule has 1 saturated carbocycles. The number of nitrogens with zero attached hydrogens (tertiary/aromatic N) is 3. The first-order chi connectivity index (χ1) is 11.0. The van der Waals surface area contributed by atoms with E-state index in [9.17, 15) is 0 Å². The van der Waals surface area contributed by atoms with Crippen LogP contribution in [0.4, 0.5) is 0 Å². The summed E-state index contributed by atoms with van der Waals surface area (Å²) in [4.78, 5) is 2.15. The summed E-state index contributed by atoms with van der Waals surface area (Å²) in [5.74, 6) is 0.947. The van der Waals surface area contributed by atoms with Crippen molar-refractivity contribution in [1.29, 1.82) is 5.41 Å². The minimum Gasteiger partial charge on any atom is -0.374 e. The van der Waals surface area contributed by atoms with Crippen molar-refractivity contribution < 1.29 is 0 Å². The van der Waals surface area contributed by atoms with Gasteiger partial charge >= 0.3 is 0 Å². The van der Waals surface area contributed by atoms with Crippen molar-refractivity contribution in [2.24, 2.45) is 0 Å². The summed E-state index contributed by atoms with van der Waals surface area (Å²) in [7, 11) is 8.30. The van der Waals surface area contributed by atoms with Crippen LogP contribution in [0.5, 0.6) is 0 Å². The number of hydrazine groups is 1. The molecule has 0 aromatic heterocycles. The Kier molecular flexibility index (Phi) is 6.07. The van der Waals surface area contributed by atoms with Crippen LogP contribution in [-0.2, 0) is 0 Å². The monoisotopic (exact) mass is 320 g/mol. The van der Waals surface area contributed by atoms with Gasteiger partial charge in [0.25, 0.3) is 0 Å². The number of hydrogen-bond acceptors (Lipinski definition) is 6. The molecular formula is C17H32N6. The zero-order valence-electron chi connectivity index (χ0n) is 15.0. The van der Waals surface area contributed by atoms with Gasteiger partial charge in [-0.3, -0.25) is 0 Å². The molecule has 1 atom stereocenters. The van der Waals surface area contributed by atoms with Crippen LogP contribution >= 0.6 is 0 Å². The van der Waals surface area contributed by atoms with Crippen molar-refractivity contribution in [3.63, 3.8) is 0 Å². The summed E-state index contributed by atoms with van der Waals surface area (Å²) in [5, 5.41) is 18.9. The molecule has 0 spiro atoms. The van der Waals surface area contributed by atoms with Crippen LogP contribution in [0.1, 0.15) is 32.1 Å². The third-order valence-corrected chi connectivity index (χ3v) is 5.20. The maximum Gasteiger partial charge on any atom is 0.114 e. The van der Waals surface area contributed by atoms with E-state index in [-0.39, 0.29) is 6.17 Å². The lowest BCUT2D eigenvalue weighted by Crippen LogP contribution is -2.57. The third-order valence-electron chi connectivity index (χ3n) is 5.20. The largest absolute Gasteiger partial charge is 0.374 e. The van der Waals surface area contributed by atoms with Crippen molar-refractivity contribution in [3.05, 3.63) is 23.7 Å². The molecule has 0 radical (unpaired) electrons. The Morgan fingerprint density at radius 1 is 1.35 bits per heavy atom. The minimum absolute atomic E-state index is 0.129. The van der Waals surface area contributed by atoms with Crippen LogP contribution in [-0.4, -0.2) is 68.1 Å². The summed E-state index contributed by atoms with van der Waals surface area (Å²) in [6.45, 7) is 4.93. The number of rotatable bonds is 6. The number of likely N-dealkylation sites (N-methyl/N-ethyl adjacent to an activating group) is 2. The Bertz CT molecular complexity index is 466. The van der Waals surface area contributed by atoms with Crippen LogP contribution in [0.3, 0.4) is 0 Å². The molecule has 1 heterocycles. The standard InChI is InChI=1S/C17H32N6/c1-13-15(11-18)17(19-2)22(4)16(20-13)12-21(3)23(5)14-9-7-6-8-10-14/h11,14,16,18-20H,1,6-10,12H2,2-5H3. The predicted octanol–water partition coefficient (Wildman–Crippen LogP) is 1.55. The predicted molar refractivity (Wildman–Crippen MR) is 96.0 cm³/mol. The topological polar surface area (TPSA) is 57.6 Å². The Hall–Kier alpha value is -1.53. The molecule has 3 N–H and O–H groups in total. The highest BCUT2D eigenvalue weighted by atomic mass is 15.6. The fourth-order valence-corrected chi connectivity index (χ4v) is 3.61. The SMILES string of the molecule is C=C1NC(CN(C)N(C)C2CCCCC2)N(C)C(NC)=C1C=N. The van der Waals surface area contributed by atoms with Gasteiger partial charge in [0.2, 0.25) is 0 Å². The normalized spacial score (nSPS) is 23.5. The molecular weight excluding hydrogens is 288 g/mol. The van der Waals surface area contributed by atoms with Gasteiger partial charge in [0.05, 0.1) is 12.1 Å². The zero-order chi connectivity index (χ0) is 17.0. The van der Waals surface area contributed by atoms with Gasteiger partial charge in [0, 0.05) is 46.1 Å². The van der Waals surface area contributed by atoms with Crippen molar-refractivity contribution in [2.75, 3.05) is 34.7 Å². The maximum absolute atomic E-state index is 7.59. The lowest BCUT2D eigenvalue weighted by Gasteiger charge is -2.44. The van der Waals surface area contributed by atoms with Crippen LogP contribution in [0.2, 0.25) is 0 Å². The van der Waals surface area contributed by atoms with E-state index >= 15 is 0 Å². The van der Waals surface area contributed by atoms with E-state index in [2.05, 4.69) is 46.2 Å². The molecule has 130 valence electrons. The highest BCUT2D eigenvalue weighted by Gasteiger charge is 2.29. The summed E-state index contributed by atoms with van der Waals surface area (Å²) in [5.41, 5.74) is 1.62. The molecule has 1 unspecified atom stereocenters. The summed E-state index contributed by atoms with van der Waals surface area (Å²) >= 11 is 0. The average molecular weight is 320 g/mol. The molecule has 2 rings (SSSR count). The fraction of sp³-hybridized carbons (Fsp3) is 0.706. The van der Waals surface area contributed by atoms with Crippen molar-refractivity contribution in [1.82, 2.24) is 25.6 Å². The molecule has 0 saturated heterocycles. The second-order valence-electron chi connectivity index (χ2n) is 6.61. The zero-order valence-corrected chi connectivity index (χ0v) is 15.0. The van der Waals surface area contributed by atoms with E-state index in [0.29, 0.717) is 6.04 Å². The van der Waals surface area contributed by atoms with E-state index in [0.717, 1.165) is 23.6 Å². The van der Waals surface area contributed by atoms with E-state index in [1.54, 1.807) is 0 Å². The first-order valence-electron chi connectivity index (χ1n) is 8.54. The molecule has 6 heteroatoms. The van der Waals surface area contributed by atoms with Crippen LogP contribution in [0, 0.1) is 5.41 Å². The molecule has 0 aromatic rings. The Morgan fingerprint density at radius 3 is 2.57 bits per heavy atom. The van der Waals surface area contributed by atoms with Crippen LogP contribution in [0.25, 0.3) is 0 Å². The second-order valence-corrected chi connectivity index (χ2v) is 6.61. The van der Waals surface area contributed by atoms with Crippen LogP contribution < -0.4 is 10.6 Å². The molecule has 1 fully saturated rings. The van der Waals surface area contributed by atoms with Gasteiger partial charge in [-0.05, 0) is 12.8 Å². The number of hydrogen-bond donors (Lipinski definition) is 3. The lowest BCUT2D eigenvalue weighted by atomic mass is 9.95. The average Bonchev–Trinajstić information content (AvgIpc) is 2.57. The van der Waals surface area contributed by atoms with Gasteiger partial charge in [-0.15, -0.1) is 0 Å². The second kappa shape index (κ2) is 7.84.